The van der Waals surface area contributed by atoms with Gasteiger partial charge in [-0.3, -0.25) is 9.67 Å². The summed E-state index contributed by atoms with van der Waals surface area (Å²) in [4.78, 5) is 0. The molecular weight excluding hydrogens is 287 g/mol. The van der Waals surface area contributed by atoms with Crippen molar-refractivity contribution in [1.82, 2.24) is 14.8 Å². The molecule has 0 amide bonds. The SMILES string of the molecule is CCCc1n[nH]c(=S)n1-c1cc(C(F)(F)F)ccc1C. The first-order valence-electron chi connectivity index (χ1n) is 6.19. The number of halogens is 3. The molecule has 0 aliphatic carbocycles. The van der Waals surface area contributed by atoms with Crippen LogP contribution in [0.25, 0.3) is 5.69 Å². The molecule has 0 unspecified atom stereocenters. The van der Waals surface area contributed by atoms with Gasteiger partial charge in [0.05, 0.1) is 11.3 Å². The third-order valence-electron chi connectivity index (χ3n) is 2.99. The second kappa shape index (κ2) is 5.40. The minimum Gasteiger partial charge on any atom is -0.272 e. The fourth-order valence-electron chi connectivity index (χ4n) is 2.00. The third-order valence-corrected chi connectivity index (χ3v) is 3.27. The van der Waals surface area contributed by atoms with E-state index in [0.29, 0.717) is 28.3 Å². The topological polar surface area (TPSA) is 33.6 Å². The van der Waals surface area contributed by atoms with Crippen LogP contribution in [0.15, 0.2) is 18.2 Å². The van der Waals surface area contributed by atoms with E-state index in [0.717, 1.165) is 18.6 Å². The van der Waals surface area contributed by atoms with E-state index in [1.165, 1.54) is 6.07 Å². The Kier molecular flexibility index (Phi) is 3.99. The molecule has 0 spiro atoms. The second-order valence-electron chi connectivity index (χ2n) is 4.53. The minimum atomic E-state index is -4.38. The van der Waals surface area contributed by atoms with Gasteiger partial charge in [-0.1, -0.05) is 13.0 Å². The Labute approximate surface area is 119 Å². The molecule has 3 nitrogen and oxygen atoms in total. The lowest BCUT2D eigenvalue weighted by molar-refractivity contribution is -0.137. The van der Waals surface area contributed by atoms with Crippen LogP contribution in [0.3, 0.4) is 0 Å². The lowest BCUT2D eigenvalue weighted by Crippen LogP contribution is -2.09. The van der Waals surface area contributed by atoms with Crippen LogP contribution in [-0.2, 0) is 12.6 Å². The van der Waals surface area contributed by atoms with Crippen molar-refractivity contribution >= 4 is 12.2 Å². The number of benzene rings is 1. The maximum Gasteiger partial charge on any atom is 0.416 e. The number of hydrogen-bond donors (Lipinski definition) is 1. The summed E-state index contributed by atoms with van der Waals surface area (Å²) in [6.45, 7) is 3.72. The highest BCUT2D eigenvalue weighted by molar-refractivity contribution is 7.71. The Bertz CT molecular complexity index is 670. The van der Waals surface area contributed by atoms with Gasteiger partial charge in [-0.2, -0.15) is 18.3 Å². The van der Waals surface area contributed by atoms with Crippen molar-refractivity contribution in [3.05, 3.63) is 39.9 Å². The lowest BCUT2D eigenvalue weighted by atomic mass is 10.1. The number of alkyl halides is 3. The molecule has 0 atom stereocenters. The number of nitrogens with one attached hydrogen (secondary N) is 1. The Morgan fingerprint density at radius 2 is 2.05 bits per heavy atom. The molecule has 0 saturated heterocycles. The zero-order valence-electron chi connectivity index (χ0n) is 11.1. The first-order chi connectivity index (χ1) is 9.34. The normalized spacial score (nSPS) is 11.8. The van der Waals surface area contributed by atoms with E-state index in [4.69, 9.17) is 12.2 Å². The average Bonchev–Trinajstić information content (AvgIpc) is 2.70. The Hall–Kier alpha value is -1.63. The van der Waals surface area contributed by atoms with Gasteiger partial charge < -0.3 is 0 Å². The lowest BCUT2D eigenvalue weighted by Gasteiger charge is -2.13. The molecule has 0 bridgehead atoms. The van der Waals surface area contributed by atoms with Gasteiger partial charge in [-0.15, -0.1) is 0 Å². The molecule has 2 rings (SSSR count). The van der Waals surface area contributed by atoms with Crippen molar-refractivity contribution in [3.63, 3.8) is 0 Å². The molecule has 1 aromatic heterocycles. The van der Waals surface area contributed by atoms with Crippen molar-refractivity contribution in [2.45, 2.75) is 32.9 Å². The summed E-state index contributed by atoms with van der Waals surface area (Å²) in [6.07, 6.45) is -2.90. The molecule has 1 N–H and O–H groups in total. The summed E-state index contributed by atoms with van der Waals surface area (Å²) in [5.74, 6) is 0.639. The predicted octanol–water partition coefficient (Wildman–Crippen LogP) is 4.21. The van der Waals surface area contributed by atoms with Gasteiger partial charge in [0, 0.05) is 6.42 Å². The number of hydrogen-bond acceptors (Lipinski definition) is 2. The molecule has 1 heterocycles. The highest BCUT2D eigenvalue weighted by atomic mass is 32.1. The molecule has 108 valence electrons. The highest BCUT2D eigenvalue weighted by Crippen LogP contribution is 2.31. The van der Waals surface area contributed by atoms with E-state index in [1.807, 2.05) is 6.92 Å². The third kappa shape index (κ3) is 2.77. The van der Waals surface area contributed by atoms with Crippen molar-refractivity contribution in [2.75, 3.05) is 0 Å². The zero-order valence-corrected chi connectivity index (χ0v) is 11.9. The van der Waals surface area contributed by atoms with E-state index in [2.05, 4.69) is 10.2 Å². The van der Waals surface area contributed by atoms with Crippen molar-refractivity contribution in [2.24, 2.45) is 0 Å². The molecule has 0 radical (unpaired) electrons. The summed E-state index contributed by atoms with van der Waals surface area (Å²) in [6, 6.07) is 3.63. The van der Waals surface area contributed by atoms with E-state index < -0.39 is 11.7 Å². The van der Waals surface area contributed by atoms with E-state index >= 15 is 0 Å². The van der Waals surface area contributed by atoms with E-state index in [1.54, 1.807) is 11.5 Å². The summed E-state index contributed by atoms with van der Waals surface area (Å²) in [5, 5.41) is 6.72. The van der Waals surface area contributed by atoms with Crippen LogP contribution in [0.4, 0.5) is 13.2 Å². The van der Waals surface area contributed by atoms with Gasteiger partial charge in [0.15, 0.2) is 4.77 Å². The number of aromatic nitrogens is 3. The summed E-state index contributed by atoms with van der Waals surface area (Å²) >= 11 is 5.13. The van der Waals surface area contributed by atoms with E-state index in [-0.39, 0.29) is 0 Å². The molecule has 1 aromatic carbocycles. The molecule has 0 saturated carbocycles. The summed E-state index contributed by atoms with van der Waals surface area (Å²) < 4.78 is 40.4. The van der Waals surface area contributed by atoms with Gasteiger partial charge in [0.2, 0.25) is 0 Å². The van der Waals surface area contributed by atoms with Gasteiger partial charge in [0.1, 0.15) is 5.82 Å². The van der Waals surface area contributed by atoms with Gasteiger partial charge >= 0.3 is 6.18 Å². The summed E-state index contributed by atoms with van der Waals surface area (Å²) in [7, 11) is 0. The first kappa shape index (κ1) is 14.8. The minimum absolute atomic E-state index is 0.302. The van der Waals surface area contributed by atoms with Crippen LogP contribution in [0.2, 0.25) is 0 Å². The molecule has 0 aliphatic rings. The Balaban J connectivity index is 2.63. The Morgan fingerprint density at radius 3 is 2.65 bits per heavy atom. The second-order valence-corrected chi connectivity index (χ2v) is 4.92. The van der Waals surface area contributed by atoms with Crippen LogP contribution in [0.5, 0.6) is 0 Å². The number of nitrogens with zero attached hydrogens (tertiary/aromatic N) is 2. The van der Waals surface area contributed by atoms with Crippen molar-refractivity contribution < 1.29 is 13.2 Å². The van der Waals surface area contributed by atoms with Gasteiger partial charge in [-0.25, -0.2) is 0 Å². The van der Waals surface area contributed by atoms with Crippen molar-refractivity contribution in [3.8, 4) is 5.69 Å². The molecule has 0 aliphatic heterocycles. The first-order valence-corrected chi connectivity index (χ1v) is 6.60. The summed E-state index contributed by atoms with van der Waals surface area (Å²) in [5.41, 5.74) is 0.443. The van der Waals surface area contributed by atoms with Gasteiger partial charge in [0.25, 0.3) is 0 Å². The van der Waals surface area contributed by atoms with Crippen molar-refractivity contribution in [1.29, 1.82) is 0 Å². The van der Waals surface area contributed by atoms with Gasteiger partial charge in [-0.05, 0) is 43.3 Å². The largest absolute Gasteiger partial charge is 0.416 e. The standard InChI is InChI=1S/C13H14F3N3S/c1-3-4-11-17-18-12(20)19(11)10-7-9(13(14,15)16)6-5-8(10)2/h5-7H,3-4H2,1-2H3,(H,18,20). The molecule has 7 heteroatoms. The van der Waals surface area contributed by atoms with Crippen LogP contribution in [-0.4, -0.2) is 14.8 Å². The number of aryl methyl sites for hydroxylation is 2. The van der Waals surface area contributed by atoms with Crippen LogP contribution in [0, 0.1) is 11.7 Å². The molecule has 2 aromatic rings. The van der Waals surface area contributed by atoms with Crippen LogP contribution >= 0.6 is 12.2 Å². The Morgan fingerprint density at radius 1 is 1.35 bits per heavy atom. The van der Waals surface area contributed by atoms with E-state index in [9.17, 15) is 13.2 Å². The smallest absolute Gasteiger partial charge is 0.272 e. The molecular formula is C13H14F3N3S. The predicted molar refractivity (Wildman–Crippen MR) is 72.5 cm³/mol. The fraction of sp³-hybridized carbons (Fsp3) is 0.385. The molecule has 20 heavy (non-hydrogen) atoms. The average molecular weight is 301 g/mol. The molecule has 0 fully saturated rings. The number of rotatable bonds is 3. The highest BCUT2D eigenvalue weighted by Gasteiger charge is 2.31. The quantitative estimate of drug-likeness (QED) is 0.862. The maximum atomic E-state index is 12.8. The number of aromatic amines is 1. The zero-order chi connectivity index (χ0) is 14.9. The van der Waals surface area contributed by atoms with Crippen LogP contribution in [0.1, 0.15) is 30.3 Å². The monoisotopic (exact) mass is 301 g/mol. The fourth-order valence-corrected chi connectivity index (χ4v) is 2.25. The maximum absolute atomic E-state index is 12.8. The van der Waals surface area contributed by atoms with Crippen LogP contribution < -0.4 is 0 Å². The number of H-pyrrole nitrogens is 1.